The second-order valence-corrected chi connectivity index (χ2v) is 5.87. The molecule has 20 heavy (non-hydrogen) atoms. The summed E-state index contributed by atoms with van der Waals surface area (Å²) in [5, 5.41) is 10.4. The van der Waals surface area contributed by atoms with Gasteiger partial charge in [0.2, 0.25) is 0 Å². The summed E-state index contributed by atoms with van der Waals surface area (Å²) in [6, 6.07) is 20.3. The molecule has 0 fully saturated rings. The van der Waals surface area contributed by atoms with Gasteiger partial charge in [-0.2, -0.15) is 0 Å². The predicted molar refractivity (Wildman–Crippen MR) is 81.9 cm³/mol. The van der Waals surface area contributed by atoms with E-state index in [-0.39, 0.29) is 11.3 Å². The van der Waals surface area contributed by atoms with Gasteiger partial charge < -0.3 is 5.11 Å². The smallest absolute Gasteiger partial charge is 0.153 e. The molecule has 1 heterocycles. The van der Waals surface area contributed by atoms with Crippen LogP contribution in [-0.2, 0) is 0 Å². The van der Waals surface area contributed by atoms with Crippen LogP contribution < -0.4 is 0 Å². The lowest BCUT2D eigenvalue weighted by Crippen LogP contribution is -2.30. The molecule has 2 aromatic rings. The molecule has 3 rings (SSSR count). The summed E-state index contributed by atoms with van der Waals surface area (Å²) >= 11 is 0. The highest BCUT2D eigenvalue weighted by Gasteiger charge is 2.45. The molecule has 2 heteroatoms. The average Bonchev–Trinajstić information content (AvgIpc) is 2.70. The molecular formula is C18H19NO. The van der Waals surface area contributed by atoms with Crippen LogP contribution in [0.15, 0.2) is 65.7 Å². The molecule has 1 aliphatic heterocycles. The summed E-state index contributed by atoms with van der Waals surface area (Å²) in [7, 11) is 0. The molecule has 0 bridgehead atoms. The van der Waals surface area contributed by atoms with Crippen molar-refractivity contribution in [3.63, 3.8) is 0 Å². The molecule has 0 aromatic heterocycles. The molecular weight excluding hydrogens is 246 g/mol. The van der Waals surface area contributed by atoms with Crippen LogP contribution in [0.1, 0.15) is 30.9 Å². The molecule has 0 spiro atoms. The van der Waals surface area contributed by atoms with Gasteiger partial charge in [-0.15, -0.1) is 0 Å². The number of rotatable bonds is 2. The van der Waals surface area contributed by atoms with E-state index in [1.54, 1.807) is 0 Å². The van der Waals surface area contributed by atoms with Crippen molar-refractivity contribution in [1.29, 1.82) is 0 Å². The maximum absolute atomic E-state index is 10.4. The Morgan fingerprint density at radius 3 is 2.05 bits per heavy atom. The van der Waals surface area contributed by atoms with Crippen molar-refractivity contribution < 1.29 is 5.11 Å². The molecule has 2 atom stereocenters. The molecule has 0 aliphatic carbocycles. The van der Waals surface area contributed by atoms with Crippen LogP contribution in [0.25, 0.3) is 0 Å². The fraction of sp³-hybridized carbons (Fsp3) is 0.278. The van der Waals surface area contributed by atoms with Crippen molar-refractivity contribution in [2.75, 3.05) is 0 Å². The normalized spacial score (nSPS) is 24.4. The molecule has 102 valence electrons. The Morgan fingerprint density at radius 2 is 1.45 bits per heavy atom. The largest absolute Gasteiger partial charge is 0.371 e. The monoisotopic (exact) mass is 265 g/mol. The van der Waals surface area contributed by atoms with Gasteiger partial charge in [-0.3, -0.25) is 4.99 Å². The molecule has 0 saturated carbocycles. The van der Waals surface area contributed by atoms with Gasteiger partial charge in [-0.1, -0.05) is 74.5 Å². The summed E-state index contributed by atoms with van der Waals surface area (Å²) in [6.07, 6.45) is -0.678. The summed E-state index contributed by atoms with van der Waals surface area (Å²) in [6.45, 7) is 4.32. The minimum Gasteiger partial charge on any atom is -0.371 e. The van der Waals surface area contributed by atoms with Gasteiger partial charge in [-0.05, 0) is 11.1 Å². The number of aliphatic imine (C=N–C) groups is 1. The molecule has 1 aliphatic rings. The van der Waals surface area contributed by atoms with E-state index in [0.29, 0.717) is 0 Å². The molecule has 2 nitrogen and oxygen atoms in total. The molecule has 0 amide bonds. The van der Waals surface area contributed by atoms with E-state index >= 15 is 0 Å². The first-order chi connectivity index (χ1) is 9.60. The van der Waals surface area contributed by atoms with E-state index in [4.69, 9.17) is 0 Å². The zero-order valence-corrected chi connectivity index (χ0v) is 11.8. The van der Waals surface area contributed by atoms with Crippen LogP contribution in [0.4, 0.5) is 0 Å². The molecule has 0 radical (unpaired) electrons. The highest BCUT2D eigenvalue weighted by atomic mass is 16.3. The second-order valence-electron chi connectivity index (χ2n) is 5.87. The molecule has 1 N–H and O–H groups in total. The van der Waals surface area contributed by atoms with E-state index in [1.165, 1.54) is 0 Å². The zero-order valence-electron chi connectivity index (χ0n) is 11.8. The number of aliphatic hydroxyl groups is 1. The van der Waals surface area contributed by atoms with E-state index < -0.39 is 6.23 Å². The molecule has 2 unspecified atom stereocenters. The average molecular weight is 265 g/mol. The number of hydrogen-bond acceptors (Lipinski definition) is 2. The van der Waals surface area contributed by atoms with E-state index in [2.05, 4.69) is 43.1 Å². The maximum atomic E-state index is 10.4. The third-order valence-corrected chi connectivity index (χ3v) is 4.15. The summed E-state index contributed by atoms with van der Waals surface area (Å²) < 4.78 is 0. The first-order valence-electron chi connectivity index (χ1n) is 6.97. The third-order valence-electron chi connectivity index (χ3n) is 4.15. The van der Waals surface area contributed by atoms with Crippen molar-refractivity contribution in [2.45, 2.75) is 26.0 Å². The van der Waals surface area contributed by atoms with Gasteiger partial charge in [0.05, 0.1) is 5.71 Å². The van der Waals surface area contributed by atoms with Gasteiger partial charge in [0.15, 0.2) is 6.23 Å². The van der Waals surface area contributed by atoms with E-state index in [9.17, 15) is 5.11 Å². The highest BCUT2D eigenvalue weighted by molar-refractivity contribution is 6.06. The Kier molecular flexibility index (Phi) is 3.19. The SMILES string of the molecule is CC1(C)C(c2ccccc2)=NC(O)C1c1ccccc1. The van der Waals surface area contributed by atoms with Gasteiger partial charge in [0.1, 0.15) is 0 Å². The second kappa shape index (κ2) is 4.88. The lowest BCUT2D eigenvalue weighted by molar-refractivity contribution is 0.134. The minimum atomic E-state index is -0.678. The molecule has 0 saturated heterocycles. The number of nitrogens with zero attached hydrogens (tertiary/aromatic N) is 1. The fourth-order valence-corrected chi connectivity index (χ4v) is 3.18. The molecule has 2 aromatic carbocycles. The standard InChI is InChI=1S/C18H19NO/c1-18(2)15(13-9-5-3-6-10-13)17(20)19-16(18)14-11-7-4-8-12-14/h3-12,15,17,20H,1-2H3. The Labute approximate surface area is 119 Å². The van der Waals surface area contributed by atoms with Crippen molar-refractivity contribution in [2.24, 2.45) is 10.4 Å². The third kappa shape index (κ3) is 2.06. The highest BCUT2D eigenvalue weighted by Crippen LogP contribution is 2.46. The Morgan fingerprint density at radius 1 is 0.900 bits per heavy atom. The fourth-order valence-electron chi connectivity index (χ4n) is 3.18. The summed E-state index contributed by atoms with van der Waals surface area (Å²) in [4.78, 5) is 4.54. The van der Waals surface area contributed by atoms with Crippen molar-refractivity contribution in [3.8, 4) is 0 Å². The number of aliphatic hydroxyl groups excluding tert-OH is 1. The van der Waals surface area contributed by atoms with Crippen LogP contribution >= 0.6 is 0 Å². The first kappa shape index (κ1) is 13.1. The van der Waals surface area contributed by atoms with Crippen molar-refractivity contribution in [1.82, 2.24) is 0 Å². The number of benzene rings is 2. The lowest BCUT2D eigenvalue weighted by Gasteiger charge is -2.30. The van der Waals surface area contributed by atoms with Crippen LogP contribution in [0.3, 0.4) is 0 Å². The quantitative estimate of drug-likeness (QED) is 0.883. The van der Waals surface area contributed by atoms with Crippen LogP contribution in [0.2, 0.25) is 0 Å². The van der Waals surface area contributed by atoms with Crippen LogP contribution in [0.5, 0.6) is 0 Å². The minimum absolute atomic E-state index is 0.00101. The Balaban J connectivity index is 2.03. The summed E-state index contributed by atoms with van der Waals surface area (Å²) in [5.74, 6) is -0.00101. The Hall–Kier alpha value is -1.93. The zero-order chi connectivity index (χ0) is 14.2. The van der Waals surface area contributed by atoms with Crippen LogP contribution in [-0.4, -0.2) is 17.0 Å². The van der Waals surface area contributed by atoms with E-state index in [0.717, 1.165) is 16.8 Å². The van der Waals surface area contributed by atoms with Gasteiger partial charge in [0.25, 0.3) is 0 Å². The van der Waals surface area contributed by atoms with Crippen molar-refractivity contribution in [3.05, 3.63) is 71.8 Å². The Bertz CT molecular complexity index is 616. The number of hydrogen-bond donors (Lipinski definition) is 1. The topological polar surface area (TPSA) is 32.6 Å². The van der Waals surface area contributed by atoms with Gasteiger partial charge in [-0.25, -0.2) is 0 Å². The van der Waals surface area contributed by atoms with Crippen molar-refractivity contribution >= 4 is 5.71 Å². The first-order valence-corrected chi connectivity index (χ1v) is 6.97. The summed E-state index contributed by atoms with van der Waals surface area (Å²) in [5.41, 5.74) is 3.02. The van der Waals surface area contributed by atoms with Gasteiger partial charge in [0, 0.05) is 11.3 Å². The van der Waals surface area contributed by atoms with E-state index in [1.807, 2.05) is 36.4 Å². The maximum Gasteiger partial charge on any atom is 0.153 e. The predicted octanol–water partition coefficient (Wildman–Crippen LogP) is 3.62. The van der Waals surface area contributed by atoms with Crippen LogP contribution in [0, 0.1) is 5.41 Å². The lowest BCUT2D eigenvalue weighted by atomic mass is 9.71. The van der Waals surface area contributed by atoms with Gasteiger partial charge >= 0.3 is 0 Å².